The quantitative estimate of drug-likeness (QED) is 0.888. The van der Waals surface area contributed by atoms with Gasteiger partial charge in [0.25, 0.3) is 11.5 Å². The number of aromatic carboxylic acids is 1. The van der Waals surface area contributed by atoms with Crippen LogP contribution in [0.1, 0.15) is 20.7 Å². The molecule has 2 heterocycles. The van der Waals surface area contributed by atoms with Crippen LogP contribution >= 0.6 is 11.3 Å². The molecule has 0 fully saturated rings. The van der Waals surface area contributed by atoms with Gasteiger partial charge in [-0.05, 0) is 17.5 Å². The number of thiophene rings is 1. The van der Waals surface area contributed by atoms with Crippen molar-refractivity contribution >= 4 is 28.2 Å². The summed E-state index contributed by atoms with van der Waals surface area (Å²) >= 11 is 1.11. The molecule has 2 aromatic heterocycles. The minimum atomic E-state index is -1.11. The van der Waals surface area contributed by atoms with Crippen LogP contribution in [0.4, 0.5) is 5.00 Å². The highest BCUT2D eigenvalue weighted by atomic mass is 32.1. The van der Waals surface area contributed by atoms with Crippen LogP contribution in [-0.2, 0) is 7.05 Å². The number of pyridine rings is 1. The number of aromatic nitrogens is 1. The molecule has 0 atom stereocenters. The lowest BCUT2D eigenvalue weighted by atomic mass is 10.2. The first kappa shape index (κ1) is 13.0. The Kier molecular flexibility index (Phi) is 3.48. The number of nitrogens with one attached hydrogen (secondary N) is 1. The summed E-state index contributed by atoms with van der Waals surface area (Å²) in [7, 11) is 1.58. The molecule has 98 valence electrons. The summed E-state index contributed by atoms with van der Waals surface area (Å²) in [5, 5.41) is 13.2. The third-order valence-electron chi connectivity index (χ3n) is 2.49. The van der Waals surface area contributed by atoms with Gasteiger partial charge >= 0.3 is 5.97 Å². The van der Waals surface area contributed by atoms with E-state index >= 15 is 0 Å². The Hall–Kier alpha value is -2.41. The molecule has 0 aliphatic heterocycles. The van der Waals surface area contributed by atoms with Crippen LogP contribution in [0.5, 0.6) is 0 Å². The molecule has 0 aliphatic carbocycles. The van der Waals surface area contributed by atoms with Gasteiger partial charge in [0.05, 0.1) is 5.56 Å². The van der Waals surface area contributed by atoms with Gasteiger partial charge < -0.3 is 15.0 Å². The number of carboxylic acids is 1. The Morgan fingerprint density at radius 3 is 2.74 bits per heavy atom. The summed E-state index contributed by atoms with van der Waals surface area (Å²) in [5.74, 6) is -1.62. The van der Waals surface area contributed by atoms with E-state index in [1.54, 1.807) is 12.4 Å². The molecule has 6 nitrogen and oxygen atoms in total. The summed E-state index contributed by atoms with van der Waals surface area (Å²) in [4.78, 5) is 34.2. The molecule has 7 heteroatoms. The van der Waals surface area contributed by atoms with E-state index in [4.69, 9.17) is 5.11 Å². The van der Waals surface area contributed by atoms with Crippen LogP contribution in [0, 0.1) is 0 Å². The van der Waals surface area contributed by atoms with Gasteiger partial charge in [-0.1, -0.05) is 0 Å². The number of rotatable bonds is 3. The summed E-state index contributed by atoms with van der Waals surface area (Å²) in [6.45, 7) is 0. The van der Waals surface area contributed by atoms with Gasteiger partial charge in [0.15, 0.2) is 0 Å². The van der Waals surface area contributed by atoms with Crippen molar-refractivity contribution in [2.24, 2.45) is 7.05 Å². The maximum absolute atomic E-state index is 11.9. The average Bonchev–Trinajstić information content (AvgIpc) is 2.80. The number of hydrogen-bond donors (Lipinski definition) is 2. The van der Waals surface area contributed by atoms with E-state index in [1.165, 1.54) is 29.0 Å². The fourth-order valence-electron chi connectivity index (χ4n) is 1.44. The van der Waals surface area contributed by atoms with E-state index in [9.17, 15) is 14.4 Å². The highest BCUT2D eigenvalue weighted by molar-refractivity contribution is 7.14. The lowest BCUT2D eigenvalue weighted by Gasteiger charge is -2.04. The second-order valence-corrected chi connectivity index (χ2v) is 4.70. The standard InChI is InChI=1S/C12H10N2O4S/c1-14-4-2-7(6-9(14)15)10(16)13-11-8(12(17)18)3-5-19-11/h2-6H,1H3,(H,13,16)(H,17,18). The number of amides is 1. The van der Waals surface area contributed by atoms with Crippen LogP contribution in [0.3, 0.4) is 0 Å². The monoisotopic (exact) mass is 278 g/mol. The Labute approximate surface area is 111 Å². The van der Waals surface area contributed by atoms with Crippen molar-refractivity contribution in [3.63, 3.8) is 0 Å². The van der Waals surface area contributed by atoms with Crippen molar-refractivity contribution in [1.29, 1.82) is 0 Å². The molecule has 2 N–H and O–H groups in total. The van der Waals surface area contributed by atoms with Gasteiger partial charge in [-0.3, -0.25) is 9.59 Å². The van der Waals surface area contributed by atoms with E-state index in [1.807, 2.05) is 0 Å². The second-order valence-electron chi connectivity index (χ2n) is 3.79. The molecule has 0 aliphatic rings. The fraction of sp³-hybridized carbons (Fsp3) is 0.0833. The van der Waals surface area contributed by atoms with Crippen molar-refractivity contribution in [2.75, 3.05) is 5.32 Å². The minimum Gasteiger partial charge on any atom is -0.478 e. The Bertz CT molecular complexity index is 702. The smallest absolute Gasteiger partial charge is 0.338 e. The number of hydrogen-bond acceptors (Lipinski definition) is 4. The molecule has 2 rings (SSSR count). The maximum atomic E-state index is 11.9. The Balaban J connectivity index is 2.26. The third kappa shape index (κ3) is 2.71. The van der Waals surface area contributed by atoms with Crippen molar-refractivity contribution < 1.29 is 14.7 Å². The molecule has 2 aromatic rings. The zero-order valence-corrected chi connectivity index (χ0v) is 10.7. The maximum Gasteiger partial charge on any atom is 0.338 e. The van der Waals surface area contributed by atoms with Gasteiger partial charge in [0.1, 0.15) is 5.00 Å². The first-order chi connectivity index (χ1) is 8.99. The molecule has 0 aromatic carbocycles. The largest absolute Gasteiger partial charge is 0.478 e. The third-order valence-corrected chi connectivity index (χ3v) is 3.32. The minimum absolute atomic E-state index is 0.0298. The molecule has 19 heavy (non-hydrogen) atoms. The van der Waals surface area contributed by atoms with Crippen molar-refractivity contribution in [3.8, 4) is 0 Å². The van der Waals surface area contributed by atoms with Gasteiger partial charge in [-0.2, -0.15) is 0 Å². The molecular formula is C12H10N2O4S. The van der Waals surface area contributed by atoms with Gasteiger partial charge in [-0.15, -0.1) is 11.3 Å². The van der Waals surface area contributed by atoms with Crippen LogP contribution in [0.2, 0.25) is 0 Å². The van der Waals surface area contributed by atoms with Crippen molar-refractivity contribution in [3.05, 3.63) is 51.3 Å². The van der Waals surface area contributed by atoms with Crippen molar-refractivity contribution in [1.82, 2.24) is 4.57 Å². The Morgan fingerprint density at radius 1 is 1.37 bits per heavy atom. The van der Waals surface area contributed by atoms with E-state index in [0.29, 0.717) is 0 Å². The summed E-state index contributed by atoms with van der Waals surface area (Å²) < 4.78 is 1.34. The van der Waals surface area contributed by atoms with Crippen molar-refractivity contribution in [2.45, 2.75) is 0 Å². The lowest BCUT2D eigenvalue weighted by molar-refractivity contribution is 0.0698. The lowest BCUT2D eigenvalue weighted by Crippen LogP contribution is -2.20. The number of carbonyl (C=O) groups excluding carboxylic acids is 1. The molecule has 0 radical (unpaired) electrons. The number of nitrogens with zero attached hydrogens (tertiary/aromatic N) is 1. The van der Waals surface area contributed by atoms with Gasteiger partial charge in [-0.25, -0.2) is 4.79 Å². The topological polar surface area (TPSA) is 88.4 Å². The normalized spacial score (nSPS) is 10.2. The van der Waals surface area contributed by atoms with Crippen LogP contribution in [0.25, 0.3) is 0 Å². The van der Waals surface area contributed by atoms with E-state index in [-0.39, 0.29) is 21.7 Å². The molecular weight excluding hydrogens is 268 g/mol. The van der Waals surface area contributed by atoms with Gasteiger partial charge in [0.2, 0.25) is 0 Å². The molecule has 0 bridgehead atoms. The van der Waals surface area contributed by atoms with Crippen LogP contribution in [0.15, 0.2) is 34.6 Å². The summed E-state index contributed by atoms with van der Waals surface area (Å²) in [6, 6.07) is 4.10. The molecule has 0 saturated carbocycles. The number of aryl methyl sites for hydroxylation is 1. The Morgan fingerprint density at radius 2 is 2.11 bits per heavy atom. The molecule has 0 spiro atoms. The van der Waals surface area contributed by atoms with E-state index in [2.05, 4.69) is 5.32 Å². The first-order valence-corrected chi connectivity index (χ1v) is 6.16. The first-order valence-electron chi connectivity index (χ1n) is 5.28. The molecule has 0 unspecified atom stereocenters. The zero-order chi connectivity index (χ0) is 14.0. The average molecular weight is 278 g/mol. The summed E-state index contributed by atoms with van der Waals surface area (Å²) in [5.41, 5.74) is -0.0905. The zero-order valence-electron chi connectivity index (χ0n) is 9.91. The fourth-order valence-corrected chi connectivity index (χ4v) is 2.21. The second kappa shape index (κ2) is 5.07. The van der Waals surface area contributed by atoms with E-state index in [0.717, 1.165) is 11.3 Å². The van der Waals surface area contributed by atoms with Crippen LogP contribution < -0.4 is 10.9 Å². The molecule has 1 amide bonds. The number of carboxylic acid groups (broad SMARTS) is 1. The SMILES string of the molecule is Cn1ccc(C(=O)Nc2sccc2C(=O)O)cc1=O. The summed E-state index contributed by atoms with van der Waals surface area (Å²) in [6.07, 6.45) is 1.48. The highest BCUT2D eigenvalue weighted by Gasteiger charge is 2.15. The van der Waals surface area contributed by atoms with Crippen LogP contribution in [-0.4, -0.2) is 21.6 Å². The van der Waals surface area contributed by atoms with Gasteiger partial charge in [0, 0.05) is 24.9 Å². The molecule has 0 saturated heterocycles. The van der Waals surface area contributed by atoms with E-state index < -0.39 is 11.9 Å². The number of carbonyl (C=O) groups is 2. The predicted molar refractivity (Wildman–Crippen MR) is 70.9 cm³/mol. The highest BCUT2D eigenvalue weighted by Crippen LogP contribution is 2.23. The predicted octanol–water partition coefficient (Wildman–Crippen LogP) is 1.40. The number of anilines is 1.